The largest absolute Gasteiger partial charge is 0.489 e. The number of hydrogen-bond acceptors (Lipinski definition) is 4. The Bertz CT molecular complexity index is 841. The minimum atomic E-state index is -0.265. The Morgan fingerprint density at radius 3 is 2.46 bits per heavy atom. The molecule has 2 aromatic carbocycles. The molecule has 0 saturated heterocycles. The van der Waals surface area contributed by atoms with Crippen LogP contribution < -0.4 is 4.74 Å². The van der Waals surface area contributed by atoms with Crippen LogP contribution in [0.15, 0.2) is 67.3 Å². The molecule has 5 nitrogen and oxygen atoms in total. The summed E-state index contributed by atoms with van der Waals surface area (Å²) in [6, 6.07) is 15.2. The summed E-state index contributed by atoms with van der Waals surface area (Å²) in [5.74, 6) is 0.526. The van der Waals surface area contributed by atoms with Crippen molar-refractivity contribution in [2.75, 3.05) is 6.61 Å². The van der Waals surface area contributed by atoms with Gasteiger partial charge < -0.3 is 14.0 Å². The van der Waals surface area contributed by atoms with Gasteiger partial charge in [-0.15, -0.1) is 0 Å². The van der Waals surface area contributed by atoms with Gasteiger partial charge in [-0.3, -0.25) is 0 Å². The summed E-state index contributed by atoms with van der Waals surface area (Å²) >= 11 is 0. The molecule has 0 N–H and O–H groups in total. The molecule has 0 unspecified atom stereocenters. The van der Waals surface area contributed by atoms with Gasteiger partial charge in [0.15, 0.2) is 0 Å². The lowest BCUT2D eigenvalue weighted by Gasteiger charge is -2.09. The van der Waals surface area contributed by atoms with Gasteiger partial charge >= 0.3 is 5.97 Å². The number of imidazole rings is 1. The molecule has 1 aromatic heterocycles. The SMILES string of the molecule is CCCCCCOC(=O)c1ccc(COc2ccc(-n3ccnc3)cc2)cc1. The van der Waals surface area contributed by atoms with Crippen LogP contribution in [0.3, 0.4) is 0 Å². The van der Waals surface area contributed by atoms with Gasteiger partial charge in [-0.2, -0.15) is 0 Å². The second-order valence-electron chi connectivity index (χ2n) is 6.65. The van der Waals surface area contributed by atoms with E-state index >= 15 is 0 Å². The van der Waals surface area contributed by atoms with E-state index in [1.807, 2.05) is 47.2 Å². The van der Waals surface area contributed by atoms with Crippen molar-refractivity contribution in [1.82, 2.24) is 9.55 Å². The summed E-state index contributed by atoms with van der Waals surface area (Å²) in [7, 11) is 0. The zero-order valence-electron chi connectivity index (χ0n) is 16.2. The summed E-state index contributed by atoms with van der Waals surface area (Å²) < 4.78 is 13.1. The molecule has 0 aliphatic heterocycles. The van der Waals surface area contributed by atoms with Gasteiger partial charge in [0.1, 0.15) is 12.4 Å². The van der Waals surface area contributed by atoms with Crippen LogP contribution in [-0.2, 0) is 11.3 Å². The van der Waals surface area contributed by atoms with E-state index in [1.165, 1.54) is 12.8 Å². The van der Waals surface area contributed by atoms with Crippen molar-refractivity contribution in [3.63, 3.8) is 0 Å². The lowest BCUT2D eigenvalue weighted by molar-refractivity contribution is 0.0497. The fourth-order valence-electron chi connectivity index (χ4n) is 2.81. The molecule has 28 heavy (non-hydrogen) atoms. The zero-order valence-corrected chi connectivity index (χ0v) is 16.2. The molecule has 5 heteroatoms. The quantitative estimate of drug-likeness (QED) is 0.360. The first-order valence-corrected chi connectivity index (χ1v) is 9.73. The van der Waals surface area contributed by atoms with Gasteiger partial charge in [-0.1, -0.05) is 38.3 Å². The van der Waals surface area contributed by atoms with Crippen LogP contribution in [0.4, 0.5) is 0 Å². The predicted molar refractivity (Wildman–Crippen MR) is 109 cm³/mol. The molecule has 0 aliphatic carbocycles. The molecule has 0 aliphatic rings. The molecule has 0 bridgehead atoms. The van der Waals surface area contributed by atoms with Crippen LogP contribution in [0.1, 0.15) is 48.5 Å². The average Bonchev–Trinajstić information content (AvgIpc) is 3.28. The first-order valence-electron chi connectivity index (χ1n) is 9.73. The maximum absolute atomic E-state index is 12.0. The lowest BCUT2D eigenvalue weighted by Crippen LogP contribution is -2.06. The monoisotopic (exact) mass is 378 g/mol. The fraction of sp³-hybridized carbons (Fsp3) is 0.304. The van der Waals surface area contributed by atoms with E-state index in [-0.39, 0.29) is 5.97 Å². The second-order valence-corrected chi connectivity index (χ2v) is 6.65. The standard InChI is InChI=1S/C23H26N2O3/c1-2-3-4-5-16-27-23(26)20-8-6-19(7-9-20)17-28-22-12-10-21(11-13-22)25-15-14-24-18-25/h6-15,18H,2-5,16-17H2,1H3. The van der Waals surface area contributed by atoms with E-state index < -0.39 is 0 Å². The molecule has 0 saturated carbocycles. The van der Waals surface area contributed by atoms with Gasteiger partial charge in [0.25, 0.3) is 0 Å². The number of aromatic nitrogens is 2. The maximum Gasteiger partial charge on any atom is 0.338 e. The number of benzene rings is 2. The first-order chi connectivity index (χ1) is 13.8. The smallest absolute Gasteiger partial charge is 0.338 e. The molecule has 3 rings (SSSR count). The Kier molecular flexibility index (Phi) is 7.24. The average molecular weight is 378 g/mol. The van der Waals surface area contributed by atoms with E-state index in [9.17, 15) is 4.79 Å². The number of rotatable bonds is 10. The van der Waals surface area contributed by atoms with Gasteiger partial charge in [-0.25, -0.2) is 9.78 Å². The van der Waals surface area contributed by atoms with Crippen molar-refractivity contribution in [2.24, 2.45) is 0 Å². The number of nitrogens with zero attached hydrogens (tertiary/aromatic N) is 2. The number of carbonyl (C=O) groups excluding carboxylic acids is 1. The number of hydrogen-bond donors (Lipinski definition) is 0. The van der Waals surface area contributed by atoms with E-state index in [0.29, 0.717) is 18.8 Å². The molecule has 146 valence electrons. The van der Waals surface area contributed by atoms with Crippen molar-refractivity contribution in [3.05, 3.63) is 78.4 Å². The highest BCUT2D eigenvalue weighted by atomic mass is 16.5. The van der Waals surface area contributed by atoms with Crippen molar-refractivity contribution >= 4 is 5.97 Å². The van der Waals surface area contributed by atoms with Crippen LogP contribution >= 0.6 is 0 Å². The van der Waals surface area contributed by atoms with Crippen LogP contribution in [0.5, 0.6) is 5.75 Å². The number of esters is 1. The molecule has 0 fully saturated rings. The molecule has 1 heterocycles. The van der Waals surface area contributed by atoms with Gasteiger partial charge in [0.2, 0.25) is 0 Å². The molecule has 0 spiro atoms. The second kappa shape index (κ2) is 10.3. The first kappa shape index (κ1) is 19.7. The fourth-order valence-corrected chi connectivity index (χ4v) is 2.81. The van der Waals surface area contributed by atoms with Gasteiger partial charge in [0.05, 0.1) is 18.5 Å². The number of ether oxygens (including phenoxy) is 2. The molecular formula is C23H26N2O3. The van der Waals surface area contributed by atoms with Crippen molar-refractivity contribution < 1.29 is 14.3 Å². The molecule has 3 aromatic rings. The maximum atomic E-state index is 12.0. The van der Waals surface area contributed by atoms with E-state index in [4.69, 9.17) is 9.47 Å². The normalized spacial score (nSPS) is 10.6. The molecule has 0 amide bonds. The highest BCUT2D eigenvalue weighted by Gasteiger charge is 2.07. The Morgan fingerprint density at radius 1 is 1.00 bits per heavy atom. The number of carbonyl (C=O) groups is 1. The highest BCUT2D eigenvalue weighted by Crippen LogP contribution is 2.17. The van der Waals surface area contributed by atoms with Gasteiger partial charge in [-0.05, 0) is 48.4 Å². The molecule has 0 radical (unpaired) electrons. The van der Waals surface area contributed by atoms with Crippen molar-refractivity contribution in [3.8, 4) is 11.4 Å². The third-order valence-corrected chi connectivity index (χ3v) is 4.47. The summed E-state index contributed by atoms with van der Waals surface area (Å²) in [5.41, 5.74) is 2.60. The third-order valence-electron chi connectivity index (χ3n) is 4.47. The minimum absolute atomic E-state index is 0.265. The Hall–Kier alpha value is -3.08. The summed E-state index contributed by atoms with van der Waals surface area (Å²) in [5, 5.41) is 0. The summed E-state index contributed by atoms with van der Waals surface area (Å²) in [6.45, 7) is 3.09. The molecule has 0 atom stereocenters. The topological polar surface area (TPSA) is 53.4 Å². The third kappa shape index (κ3) is 5.71. The van der Waals surface area contributed by atoms with Crippen LogP contribution in [0, 0.1) is 0 Å². The van der Waals surface area contributed by atoms with Crippen LogP contribution in [-0.4, -0.2) is 22.1 Å². The Balaban J connectivity index is 1.46. The predicted octanol–water partition coefficient (Wildman–Crippen LogP) is 5.19. The van der Waals surface area contributed by atoms with E-state index in [0.717, 1.165) is 29.8 Å². The summed E-state index contributed by atoms with van der Waals surface area (Å²) in [4.78, 5) is 16.1. The lowest BCUT2D eigenvalue weighted by atomic mass is 10.1. The Morgan fingerprint density at radius 2 is 1.79 bits per heavy atom. The number of unbranched alkanes of at least 4 members (excludes halogenated alkanes) is 3. The van der Waals surface area contributed by atoms with Crippen LogP contribution in [0.25, 0.3) is 5.69 Å². The van der Waals surface area contributed by atoms with Gasteiger partial charge in [0, 0.05) is 18.1 Å². The minimum Gasteiger partial charge on any atom is -0.489 e. The van der Waals surface area contributed by atoms with Crippen molar-refractivity contribution in [1.29, 1.82) is 0 Å². The highest BCUT2D eigenvalue weighted by molar-refractivity contribution is 5.89. The van der Waals surface area contributed by atoms with Crippen LogP contribution in [0.2, 0.25) is 0 Å². The van der Waals surface area contributed by atoms with Crippen molar-refractivity contribution in [2.45, 2.75) is 39.2 Å². The molecular weight excluding hydrogens is 352 g/mol. The summed E-state index contributed by atoms with van der Waals surface area (Å²) in [6.07, 6.45) is 9.77. The Labute approximate surface area is 165 Å². The zero-order chi connectivity index (χ0) is 19.6. The van der Waals surface area contributed by atoms with E-state index in [1.54, 1.807) is 24.7 Å². The van der Waals surface area contributed by atoms with E-state index in [2.05, 4.69) is 11.9 Å².